The minimum Gasteiger partial charge on any atom is -0.353 e. The van der Waals surface area contributed by atoms with E-state index in [4.69, 9.17) is 0 Å². The second-order valence-corrected chi connectivity index (χ2v) is 6.94. The number of amides is 1. The van der Waals surface area contributed by atoms with Crippen LogP contribution in [0.3, 0.4) is 0 Å². The first-order valence-corrected chi connectivity index (χ1v) is 9.16. The van der Waals surface area contributed by atoms with Crippen LogP contribution in [0.5, 0.6) is 0 Å². The summed E-state index contributed by atoms with van der Waals surface area (Å²) in [5.74, 6) is -0.904. The predicted molar refractivity (Wildman–Crippen MR) is 108 cm³/mol. The van der Waals surface area contributed by atoms with Crippen molar-refractivity contribution in [3.05, 3.63) is 77.6 Å². The number of para-hydroxylation sites is 1. The molecule has 10 heteroatoms. The van der Waals surface area contributed by atoms with Crippen LogP contribution in [-0.4, -0.2) is 15.9 Å². The summed E-state index contributed by atoms with van der Waals surface area (Å²) in [5, 5.41) is 3.83. The number of carbonyl (C=O) groups excluding carboxylic acids is 1. The van der Waals surface area contributed by atoms with Crippen molar-refractivity contribution in [3.63, 3.8) is 0 Å². The molecule has 1 amide bonds. The van der Waals surface area contributed by atoms with Crippen LogP contribution in [0.1, 0.15) is 16.8 Å². The fourth-order valence-corrected chi connectivity index (χ4v) is 3.23. The van der Waals surface area contributed by atoms with Crippen LogP contribution in [0.25, 0.3) is 27.9 Å². The second-order valence-electron chi connectivity index (χ2n) is 6.94. The number of anilines is 1. The van der Waals surface area contributed by atoms with Gasteiger partial charge in [0.2, 0.25) is 5.91 Å². The zero-order chi connectivity index (χ0) is 23.1. The molecule has 0 aliphatic heterocycles. The third-order valence-corrected chi connectivity index (χ3v) is 4.67. The first kappa shape index (κ1) is 21.4. The lowest BCUT2D eigenvalue weighted by molar-refractivity contribution is -0.143. The van der Waals surface area contributed by atoms with E-state index in [1.165, 1.54) is 6.08 Å². The average Bonchev–Trinajstić information content (AvgIpc) is 3.09. The van der Waals surface area contributed by atoms with Crippen molar-refractivity contribution in [2.45, 2.75) is 12.4 Å². The van der Waals surface area contributed by atoms with Gasteiger partial charge in [-0.3, -0.25) is 9.78 Å². The van der Waals surface area contributed by atoms with Crippen molar-refractivity contribution in [2.75, 3.05) is 5.32 Å². The van der Waals surface area contributed by atoms with E-state index >= 15 is 0 Å². The number of alkyl halides is 6. The summed E-state index contributed by atoms with van der Waals surface area (Å²) in [7, 11) is 0. The highest BCUT2D eigenvalue weighted by molar-refractivity contribution is 6.07. The number of carbonyl (C=O) groups is 1. The minimum atomic E-state index is -5.00. The lowest BCUT2D eigenvalue weighted by Gasteiger charge is -2.14. The molecule has 2 aromatic carbocycles. The molecule has 0 unspecified atom stereocenters. The van der Waals surface area contributed by atoms with E-state index in [-0.39, 0.29) is 6.07 Å². The van der Waals surface area contributed by atoms with Crippen molar-refractivity contribution in [1.82, 2.24) is 9.97 Å². The van der Waals surface area contributed by atoms with Gasteiger partial charge in [-0.15, -0.1) is 0 Å². The molecule has 0 fully saturated rings. The topological polar surface area (TPSA) is 57.8 Å². The highest BCUT2D eigenvalue weighted by atomic mass is 19.4. The van der Waals surface area contributed by atoms with E-state index in [0.717, 1.165) is 27.9 Å². The van der Waals surface area contributed by atoms with Gasteiger partial charge in [0.1, 0.15) is 0 Å². The number of nitrogens with zero attached hydrogens (tertiary/aromatic N) is 1. The molecular formula is C22H13F6N3O. The van der Waals surface area contributed by atoms with E-state index in [2.05, 4.69) is 9.97 Å². The molecule has 0 aliphatic rings. The number of pyridine rings is 1. The number of hydrogen-bond acceptors (Lipinski definition) is 2. The number of aromatic amines is 1. The van der Waals surface area contributed by atoms with Crippen LogP contribution < -0.4 is 5.32 Å². The highest BCUT2D eigenvalue weighted by Crippen LogP contribution is 2.37. The Morgan fingerprint density at radius 3 is 2.19 bits per heavy atom. The van der Waals surface area contributed by atoms with Crippen LogP contribution in [-0.2, 0) is 17.1 Å². The van der Waals surface area contributed by atoms with Crippen molar-refractivity contribution in [2.24, 2.45) is 0 Å². The van der Waals surface area contributed by atoms with Crippen LogP contribution in [0, 0.1) is 0 Å². The highest BCUT2D eigenvalue weighted by Gasteiger charge is 2.37. The van der Waals surface area contributed by atoms with Crippen LogP contribution in [0.2, 0.25) is 0 Å². The zero-order valence-corrected chi connectivity index (χ0v) is 16.0. The smallest absolute Gasteiger partial charge is 0.353 e. The van der Waals surface area contributed by atoms with Gasteiger partial charge in [-0.05, 0) is 36.4 Å². The maximum atomic E-state index is 13.0. The molecule has 32 heavy (non-hydrogen) atoms. The molecule has 4 rings (SSSR count). The van der Waals surface area contributed by atoms with E-state index in [1.54, 1.807) is 12.3 Å². The molecule has 0 spiro atoms. The molecular weight excluding hydrogens is 436 g/mol. The lowest BCUT2D eigenvalue weighted by atomic mass is 10.1. The zero-order valence-electron chi connectivity index (χ0n) is 16.0. The van der Waals surface area contributed by atoms with E-state index < -0.39 is 35.1 Å². The maximum Gasteiger partial charge on any atom is 0.416 e. The molecule has 0 saturated heterocycles. The normalized spacial score (nSPS) is 12.7. The molecule has 2 heterocycles. The number of fused-ring (bicyclic) bond motifs is 3. The minimum absolute atomic E-state index is 0.00810. The standard InChI is InChI=1S/C22H13F6N3O/c23-21(24,25)12-7-13(22(26,27)28)9-15(8-12)30-20(32)6-5-14-10-17-16-3-1-2-4-18(16)31-19(17)11-29-14/h1-11,31H,(H,30,32)/b6-5+. The molecule has 0 radical (unpaired) electrons. The molecule has 4 nitrogen and oxygen atoms in total. The number of nitrogens with one attached hydrogen (secondary N) is 2. The number of hydrogen-bond donors (Lipinski definition) is 2. The molecule has 4 aromatic rings. The summed E-state index contributed by atoms with van der Waals surface area (Å²) in [6.07, 6.45) is -6.15. The largest absolute Gasteiger partial charge is 0.416 e. The summed E-state index contributed by atoms with van der Waals surface area (Å²) >= 11 is 0. The van der Waals surface area contributed by atoms with Gasteiger partial charge in [0.05, 0.1) is 28.5 Å². The Labute approximate surface area is 176 Å². The third kappa shape index (κ3) is 4.43. The average molecular weight is 449 g/mol. The van der Waals surface area contributed by atoms with Crippen molar-refractivity contribution in [3.8, 4) is 0 Å². The van der Waals surface area contributed by atoms with Gasteiger partial charge < -0.3 is 10.3 Å². The summed E-state index contributed by atoms with van der Waals surface area (Å²) in [6.45, 7) is 0. The Hall–Kier alpha value is -3.82. The molecule has 0 bridgehead atoms. The van der Waals surface area contributed by atoms with Crippen LogP contribution in [0.15, 0.2) is 60.8 Å². The Bertz CT molecular complexity index is 1320. The molecule has 164 valence electrons. The van der Waals surface area contributed by atoms with Crippen LogP contribution in [0.4, 0.5) is 32.0 Å². The van der Waals surface area contributed by atoms with Crippen molar-refractivity contribution < 1.29 is 31.1 Å². The Morgan fingerprint density at radius 1 is 0.875 bits per heavy atom. The summed E-state index contributed by atoms with van der Waals surface area (Å²) in [4.78, 5) is 19.5. The summed E-state index contributed by atoms with van der Waals surface area (Å²) < 4.78 is 77.7. The number of benzene rings is 2. The molecule has 0 aliphatic carbocycles. The predicted octanol–water partition coefficient (Wildman–Crippen LogP) is 6.41. The van der Waals surface area contributed by atoms with Crippen LogP contribution >= 0.6 is 0 Å². The van der Waals surface area contributed by atoms with Gasteiger partial charge in [-0.25, -0.2) is 0 Å². The van der Waals surface area contributed by atoms with E-state index in [9.17, 15) is 31.1 Å². The first-order chi connectivity index (χ1) is 15.0. The molecule has 0 saturated carbocycles. The van der Waals surface area contributed by atoms with Gasteiger partial charge >= 0.3 is 12.4 Å². The van der Waals surface area contributed by atoms with Gasteiger partial charge in [-0.1, -0.05) is 18.2 Å². The number of halogens is 6. The van der Waals surface area contributed by atoms with E-state index in [1.807, 2.05) is 29.6 Å². The lowest BCUT2D eigenvalue weighted by Crippen LogP contribution is -2.14. The van der Waals surface area contributed by atoms with Crippen molar-refractivity contribution in [1.29, 1.82) is 0 Å². The SMILES string of the molecule is O=C(/C=C/c1cc2c(cn1)[nH]c1ccccc12)Nc1cc(C(F)(F)F)cc(C(F)(F)F)c1. The number of aromatic nitrogens is 2. The Balaban J connectivity index is 1.59. The molecule has 0 atom stereocenters. The maximum absolute atomic E-state index is 13.0. The van der Waals surface area contributed by atoms with E-state index in [0.29, 0.717) is 17.8 Å². The van der Waals surface area contributed by atoms with Gasteiger partial charge in [0.15, 0.2) is 0 Å². The summed E-state index contributed by atoms with van der Waals surface area (Å²) in [5.41, 5.74) is -1.60. The summed E-state index contributed by atoms with van der Waals surface area (Å²) in [6, 6.07) is 10.1. The molecule has 2 aromatic heterocycles. The number of rotatable bonds is 3. The third-order valence-electron chi connectivity index (χ3n) is 4.67. The number of H-pyrrole nitrogens is 1. The quantitative estimate of drug-likeness (QED) is 0.281. The Morgan fingerprint density at radius 2 is 1.53 bits per heavy atom. The van der Waals surface area contributed by atoms with Gasteiger partial charge in [0.25, 0.3) is 0 Å². The fourth-order valence-electron chi connectivity index (χ4n) is 3.23. The monoisotopic (exact) mass is 449 g/mol. The molecule has 2 N–H and O–H groups in total. The van der Waals surface area contributed by atoms with Gasteiger partial charge in [-0.2, -0.15) is 26.3 Å². The van der Waals surface area contributed by atoms with Gasteiger partial charge in [0, 0.05) is 28.1 Å². The second kappa shape index (κ2) is 7.70. The fraction of sp³-hybridized carbons (Fsp3) is 0.0909. The Kier molecular flexibility index (Phi) is 5.15. The van der Waals surface area contributed by atoms with Crippen molar-refractivity contribution >= 4 is 39.5 Å². The first-order valence-electron chi connectivity index (χ1n) is 9.16.